The van der Waals surface area contributed by atoms with Crippen LogP contribution in [0, 0.1) is 0 Å². The minimum atomic E-state index is -0.203. The van der Waals surface area contributed by atoms with Gasteiger partial charge in [0.15, 0.2) is 0 Å². The summed E-state index contributed by atoms with van der Waals surface area (Å²) in [7, 11) is 0. The van der Waals surface area contributed by atoms with Gasteiger partial charge in [0.25, 0.3) is 5.91 Å². The molecule has 2 aromatic heterocycles. The summed E-state index contributed by atoms with van der Waals surface area (Å²) in [6, 6.07) is 1.83. The molecule has 0 bridgehead atoms. The number of carbonyl (C=O) groups excluding carboxylic acids is 1. The van der Waals surface area contributed by atoms with E-state index in [0.29, 0.717) is 28.4 Å². The van der Waals surface area contributed by atoms with Crippen LogP contribution in [-0.2, 0) is 6.54 Å². The molecule has 19 heavy (non-hydrogen) atoms. The third-order valence-corrected chi connectivity index (χ3v) is 3.36. The molecule has 0 spiro atoms. The van der Waals surface area contributed by atoms with E-state index in [1.165, 1.54) is 0 Å². The van der Waals surface area contributed by atoms with Crippen molar-refractivity contribution in [2.75, 3.05) is 5.32 Å². The third kappa shape index (κ3) is 2.86. The summed E-state index contributed by atoms with van der Waals surface area (Å²) in [5, 5.41) is 13.7. The van der Waals surface area contributed by atoms with Crippen molar-refractivity contribution in [3.05, 3.63) is 28.1 Å². The average molecular weight is 326 g/mol. The number of carbonyl (C=O) groups is 1. The topological polar surface area (TPSA) is 75.6 Å². The zero-order valence-electron chi connectivity index (χ0n) is 11.1. The highest BCUT2D eigenvalue weighted by molar-refractivity contribution is 9.10. The lowest BCUT2D eigenvalue weighted by Crippen LogP contribution is -2.17. The molecule has 0 aliphatic rings. The molecule has 6 nitrogen and oxygen atoms in total. The first-order chi connectivity index (χ1) is 9.02. The molecule has 0 aliphatic carbocycles. The van der Waals surface area contributed by atoms with Gasteiger partial charge < -0.3 is 5.32 Å². The minimum Gasteiger partial charge on any atom is -0.305 e. The number of aromatic nitrogens is 4. The molecular formula is C12H16BrN5O. The molecule has 2 aromatic rings. The fourth-order valence-electron chi connectivity index (χ4n) is 1.68. The van der Waals surface area contributed by atoms with Gasteiger partial charge >= 0.3 is 0 Å². The highest BCUT2D eigenvalue weighted by atomic mass is 79.9. The Labute approximate surface area is 119 Å². The number of hydrogen-bond donors (Lipinski definition) is 2. The van der Waals surface area contributed by atoms with Crippen LogP contribution >= 0.6 is 15.9 Å². The van der Waals surface area contributed by atoms with Crippen LogP contribution in [0.2, 0.25) is 0 Å². The zero-order valence-corrected chi connectivity index (χ0v) is 12.7. The lowest BCUT2D eigenvalue weighted by Gasteiger charge is -2.04. The van der Waals surface area contributed by atoms with Crippen LogP contribution in [0.15, 0.2) is 16.7 Å². The summed E-state index contributed by atoms with van der Waals surface area (Å²) in [6.07, 6.45) is 1.59. The number of hydrogen-bond acceptors (Lipinski definition) is 3. The van der Waals surface area contributed by atoms with E-state index in [4.69, 9.17) is 0 Å². The van der Waals surface area contributed by atoms with Crippen LogP contribution in [0.1, 0.15) is 42.9 Å². The molecule has 0 radical (unpaired) electrons. The highest BCUT2D eigenvalue weighted by Gasteiger charge is 2.17. The molecule has 2 heterocycles. The molecule has 0 saturated carbocycles. The van der Waals surface area contributed by atoms with Crippen molar-refractivity contribution in [3.63, 3.8) is 0 Å². The van der Waals surface area contributed by atoms with Crippen molar-refractivity contribution in [1.29, 1.82) is 0 Å². The third-order valence-electron chi connectivity index (χ3n) is 2.75. The fourth-order valence-corrected chi connectivity index (χ4v) is 1.97. The maximum Gasteiger partial charge on any atom is 0.275 e. The van der Waals surface area contributed by atoms with Gasteiger partial charge in [0.05, 0.1) is 16.4 Å². The predicted molar refractivity (Wildman–Crippen MR) is 76.2 cm³/mol. The second-order valence-corrected chi connectivity index (χ2v) is 5.33. The molecule has 0 saturated heterocycles. The standard InChI is InChI=1S/C12H16BrN5O/c1-4-18-10(5-9(17-18)7(2)3)12(19)15-11-8(13)6-14-16-11/h5-7H,4H2,1-3H3,(H2,14,15,16,19). The van der Waals surface area contributed by atoms with Crippen molar-refractivity contribution in [2.45, 2.75) is 33.2 Å². The minimum absolute atomic E-state index is 0.203. The number of amides is 1. The highest BCUT2D eigenvalue weighted by Crippen LogP contribution is 2.20. The van der Waals surface area contributed by atoms with Crippen molar-refractivity contribution in [2.24, 2.45) is 0 Å². The number of rotatable bonds is 4. The first-order valence-corrected chi connectivity index (χ1v) is 6.90. The number of H-pyrrole nitrogens is 1. The Hall–Kier alpha value is -1.63. The summed E-state index contributed by atoms with van der Waals surface area (Å²) in [5.74, 6) is 0.629. The molecule has 0 unspecified atom stereocenters. The van der Waals surface area contributed by atoms with E-state index in [-0.39, 0.29) is 5.91 Å². The number of aryl methyl sites for hydroxylation is 1. The average Bonchev–Trinajstić information content (AvgIpc) is 2.96. The number of anilines is 1. The van der Waals surface area contributed by atoms with E-state index in [1.54, 1.807) is 10.9 Å². The van der Waals surface area contributed by atoms with Crippen LogP contribution in [0.25, 0.3) is 0 Å². The van der Waals surface area contributed by atoms with Crippen molar-refractivity contribution >= 4 is 27.7 Å². The molecule has 2 rings (SSSR count). The van der Waals surface area contributed by atoms with E-state index in [1.807, 2.05) is 13.0 Å². The Morgan fingerprint density at radius 2 is 2.32 bits per heavy atom. The quantitative estimate of drug-likeness (QED) is 0.907. The Morgan fingerprint density at radius 3 is 2.84 bits per heavy atom. The summed E-state index contributed by atoms with van der Waals surface area (Å²) in [6.45, 7) is 6.71. The Bertz CT molecular complexity index is 587. The van der Waals surface area contributed by atoms with E-state index < -0.39 is 0 Å². The zero-order chi connectivity index (χ0) is 14.0. The van der Waals surface area contributed by atoms with E-state index >= 15 is 0 Å². The molecule has 7 heteroatoms. The number of nitrogens with one attached hydrogen (secondary N) is 2. The van der Waals surface area contributed by atoms with Gasteiger partial charge in [-0.05, 0) is 34.8 Å². The first kappa shape index (κ1) is 13.8. The Morgan fingerprint density at radius 1 is 1.58 bits per heavy atom. The molecule has 0 atom stereocenters. The fraction of sp³-hybridized carbons (Fsp3) is 0.417. The van der Waals surface area contributed by atoms with Gasteiger partial charge in [0.2, 0.25) is 0 Å². The maximum absolute atomic E-state index is 12.2. The predicted octanol–water partition coefficient (Wildman–Crippen LogP) is 2.76. The van der Waals surface area contributed by atoms with Crippen LogP contribution in [-0.4, -0.2) is 25.9 Å². The number of nitrogens with zero attached hydrogens (tertiary/aromatic N) is 3. The van der Waals surface area contributed by atoms with Crippen molar-refractivity contribution in [3.8, 4) is 0 Å². The van der Waals surface area contributed by atoms with Crippen LogP contribution in [0.5, 0.6) is 0 Å². The second kappa shape index (κ2) is 5.56. The summed E-state index contributed by atoms with van der Waals surface area (Å²) in [5.41, 5.74) is 1.46. The monoisotopic (exact) mass is 325 g/mol. The molecular weight excluding hydrogens is 310 g/mol. The largest absolute Gasteiger partial charge is 0.305 e. The van der Waals surface area contributed by atoms with Gasteiger partial charge in [-0.25, -0.2) is 0 Å². The Kier molecular flexibility index (Phi) is 4.04. The van der Waals surface area contributed by atoms with E-state index in [0.717, 1.165) is 5.69 Å². The SMILES string of the molecule is CCn1nc(C(C)C)cc1C(=O)Nc1[nH]ncc1Br. The van der Waals surface area contributed by atoms with Gasteiger partial charge in [-0.2, -0.15) is 10.2 Å². The van der Waals surface area contributed by atoms with Gasteiger partial charge in [-0.15, -0.1) is 0 Å². The van der Waals surface area contributed by atoms with Crippen LogP contribution in [0.3, 0.4) is 0 Å². The van der Waals surface area contributed by atoms with Crippen molar-refractivity contribution in [1.82, 2.24) is 20.0 Å². The molecule has 102 valence electrons. The number of aromatic amines is 1. The molecule has 1 amide bonds. The molecule has 0 aliphatic heterocycles. The first-order valence-electron chi connectivity index (χ1n) is 6.10. The maximum atomic E-state index is 12.2. The second-order valence-electron chi connectivity index (χ2n) is 4.47. The van der Waals surface area contributed by atoms with Crippen LogP contribution < -0.4 is 5.32 Å². The molecule has 2 N–H and O–H groups in total. The Balaban J connectivity index is 2.25. The molecule has 0 fully saturated rings. The van der Waals surface area contributed by atoms with Gasteiger partial charge in [0.1, 0.15) is 11.5 Å². The van der Waals surface area contributed by atoms with Crippen molar-refractivity contribution < 1.29 is 4.79 Å². The normalized spacial score (nSPS) is 11.0. The summed E-state index contributed by atoms with van der Waals surface area (Å²) >= 11 is 3.30. The lowest BCUT2D eigenvalue weighted by atomic mass is 10.1. The lowest BCUT2D eigenvalue weighted by molar-refractivity contribution is 0.101. The van der Waals surface area contributed by atoms with Crippen LogP contribution in [0.4, 0.5) is 5.82 Å². The molecule has 0 aromatic carbocycles. The number of halogens is 1. The smallest absolute Gasteiger partial charge is 0.275 e. The van der Waals surface area contributed by atoms with Gasteiger partial charge in [0, 0.05) is 6.54 Å². The van der Waals surface area contributed by atoms with E-state index in [2.05, 4.69) is 50.4 Å². The van der Waals surface area contributed by atoms with Gasteiger partial charge in [-0.3, -0.25) is 14.6 Å². The summed E-state index contributed by atoms with van der Waals surface area (Å²) < 4.78 is 2.42. The van der Waals surface area contributed by atoms with Gasteiger partial charge in [-0.1, -0.05) is 13.8 Å². The van der Waals surface area contributed by atoms with E-state index in [9.17, 15) is 4.79 Å². The summed E-state index contributed by atoms with van der Waals surface area (Å²) in [4.78, 5) is 12.2.